The minimum atomic E-state index is 0.127. The Hall–Kier alpha value is -1.86. The van der Waals surface area contributed by atoms with Crippen LogP contribution in [-0.2, 0) is 11.3 Å². The van der Waals surface area contributed by atoms with E-state index in [1.54, 1.807) is 6.07 Å². The van der Waals surface area contributed by atoms with E-state index in [1.807, 2.05) is 48.9 Å². The average Bonchev–Trinajstić information content (AvgIpc) is 2.40. The highest BCUT2D eigenvalue weighted by Crippen LogP contribution is 2.09. The van der Waals surface area contributed by atoms with Gasteiger partial charge in [0.15, 0.2) is 0 Å². The Labute approximate surface area is 115 Å². The number of nitrogens with zero attached hydrogens (tertiary/aromatic N) is 3. The van der Waals surface area contributed by atoms with Crippen molar-refractivity contribution in [2.24, 2.45) is 0 Å². The number of likely N-dealkylation sites (N-methyl/N-ethyl adjacent to an activating group) is 2. The summed E-state index contributed by atoms with van der Waals surface area (Å²) in [5, 5.41) is 9.03. The van der Waals surface area contributed by atoms with Crippen LogP contribution in [0.1, 0.15) is 25.0 Å². The zero-order valence-electron chi connectivity index (χ0n) is 11.9. The fourth-order valence-corrected chi connectivity index (χ4v) is 2.02. The van der Waals surface area contributed by atoms with Crippen molar-refractivity contribution in [1.29, 1.82) is 5.26 Å². The fourth-order valence-electron chi connectivity index (χ4n) is 2.02. The number of hydrogen-bond donors (Lipinski definition) is 0. The highest BCUT2D eigenvalue weighted by molar-refractivity contribution is 5.78. The van der Waals surface area contributed by atoms with Crippen molar-refractivity contribution < 1.29 is 4.79 Å². The first-order valence-corrected chi connectivity index (χ1v) is 6.56. The number of carbonyl (C=O) groups excluding carboxylic acids is 1. The van der Waals surface area contributed by atoms with Gasteiger partial charge in [-0.05, 0) is 32.5 Å². The van der Waals surface area contributed by atoms with Gasteiger partial charge in [-0.15, -0.1) is 0 Å². The molecule has 0 bridgehead atoms. The summed E-state index contributed by atoms with van der Waals surface area (Å²) in [5.74, 6) is 0.127. The number of rotatable bonds is 6. The molecule has 1 aromatic carbocycles. The Morgan fingerprint density at radius 3 is 2.47 bits per heavy atom. The van der Waals surface area contributed by atoms with E-state index < -0.39 is 0 Å². The largest absolute Gasteiger partial charge is 0.342 e. The van der Waals surface area contributed by atoms with E-state index in [0.717, 1.165) is 18.7 Å². The van der Waals surface area contributed by atoms with Gasteiger partial charge in [-0.3, -0.25) is 9.69 Å². The Bertz CT molecular complexity index is 461. The molecule has 19 heavy (non-hydrogen) atoms. The van der Waals surface area contributed by atoms with E-state index in [0.29, 0.717) is 18.7 Å². The van der Waals surface area contributed by atoms with Crippen LogP contribution in [-0.4, -0.2) is 42.4 Å². The van der Waals surface area contributed by atoms with Gasteiger partial charge in [-0.1, -0.05) is 18.2 Å². The van der Waals surface area contributed by atoms with Crippen LogP contribution in [0.25, 0.3) is 0 Å². The molecule has 0 saturated heterocycles. The molecule has 0 atom stereocenters. The first-order chi connectivity index (χ1) is 9.12. The quantitative estimate of drug-likeness (QED) is 0.783. The monoisotopic (exact) mass is 259 g/mol. The van der Waals surface area contributed by atoms with Crippen molar-refractivity contribution in [3.63, 3.8) is 0 Å². The van der Waals surface area contributed by atoms with E-state index in [1.165, 1.54) is 0 Å². The molecule has 0 aliphatic heterocycles. The molecule has 1 rings (SSSR count). The van der Waals surface area contributed by atoms with Crippen molar-refractivity contribution in [3.05, 3.63) is 35.4 Å². The summed E-state index contributed by atoms with van der Waals surface area (Å²) >= 11 is 0. The van der Waals surface area contributed by atoms with Gasteiger partial charge in [0.25, 0.3) is 0 Å². The lowest BCUT2D eigenvalue weighted by molar-refractivity contribution is -0.131. The lowest BCUT2D eigenvalue weighted by atomic mass is 10.1. The number of carbonyl (C=O) groups is 1. The third-order valence-electron chi connectivity index (χ3n) is 3.10. The molecule has 0 heterocycles. The molecule has 0 unspecified atom stereocenters. The fraction of sp³-hybridized carbons (Fsp3) is 0.467. The maximum atomic E-state index is 12.0. The van der Waals surface area contributed by atoms with E-state index >= 15 is 0 Å². The molecule has 4 heteroatoms. The van der Waals surface area contributed by atoms with Crippen LogP contribution in [0.2, 0.25) is 0 Å². The maximum Gasteiger partial charge on any atom is 0.236 e. The smallest absolute Gasteiger partial charge is 0.236 e. The third kappa shape index (κ3) is 4.38. The topological polar surface area (TPSA) is 47.3 Å². The van der Waals surface area contributed by atoms with Gasteiger partial charge < -0.3 is 4.90 Å². The predicted octanol–water partition coefficient (Wildman–Crippen LogP) is 1.86. The van der Waals surface area contributed by atoms with Gasteiger partial charge >= 0.3 is 0 Å². The van der Waals surface area contributed by atoms with Crippen LogP contribution in [0.3, 0.4) is 0 Å². The van der Waals surface area contributed by atoms with Crippen LogP contribution in [0.5, 0.6) is 0 Å². The first-order valence-electron chi connectivity index (χ1n) is 6.56. The molecule has 0 saturated carbocycles. The summed E-state index contributed by atoms with van der Waals surface area (Å²) in [6.45, 7) is 6.41. The zero-order chi connectivity index (χ0) is 14.3. The van der Waals surface area contributed by atoms with Crippen molar-refractivity contribution in [3.8, 4) is 6.07 Å². The predicted molar refractivity (Wildman–Crippen MR) is 75.4 cm³/mol. The number of benzene rings is 1. The van der Waals surface area contributed by atoms with Crippen molar-refractivity contribution >= 4 is 5.91 Å². The lowest BCUT2D eigenvalue weighted by Crippen LogP contribution is -2.38. The van der Waals surface area contributed by atoms with E-state index in [2.05, 4.69) is 6.07 Å². The Balaban J connectivity index is 2.63. The van der Waals surface area contributed by atoms with Gasteiger partial charge in [0.1, 0.15) is 0 Å². The molecule has 0 N–H and O–H groups in total. The highest BCUT2D eigenvalue weighted by Gasteiger charge is 2.13. The molecular formula is C15H21N3O. The van der Waals surface area contributed by atoms with E-state index in [-0.39, 0.29) is 5.91 Å². The summed E-state index contributed by atoms with van der Waals surface area (Å²) in [5.41, 5.74) is 1.63. The summed E-state index contributed by atoms with van der Waals surface area (Å²) in [7, 11) is 1.90. The summed E-state index contributed by atoms with van der Waals surface area (Å²) in [6.07, 6.45) is 0. The Morgan fingerprint density at radius 1 is 1.26 bits per heavy atom. The van der Waals surface area contributed by atoms with Crippen LogP contribution in [0.15, 0.2) is 24.3 Å². The summed E-state index contributed by atoms with van der Waals surface area (Å²) in [6, 6.07) is 9.67. The minimum Gasteiger partial charge on any atom is -0.342 e. The first kappa shape index (κ1) is 15.2. The Kier molecular flexibility index (Phi) is 6.04. The lowest BCUT2D eigenvalue weighted by Gasteiger charge is -2.23. The van der Waals surface area contributed by atoms with Gasteiger partial charge in [-0.2, -0.15) is 5.26 Å². The standard InChI is InChI=1S/C15H21N3O/c1-4-18(5-2)15(19)12-17(3)11-14-9-7-6-8-13(14)10-16/h6-9H,4-5,11-12H2,1-3H3. The van der Waals surface area contributed by atoms with Crippen molar-refractivity contribution in [1.82, 2.24) is 9.80 Å². The van der Waals surface area contributed by atoms with Crippen LogP contribution < -0.4 is 0 Å². The van der Waals surface area contributed by atoms with Crippen molar-refractivity contribution in [2.75, 3.05) is 26.7 Å². The summed E-state index contributed by atoms with van der Waals surface area (Å²) < 4.78 is 0. The molecule has 4 nitrogen and oxygen atoms in total. The number of amides is 1. The molecule has 102 valence electrons. The molecular weight excluding hydrogens is 238 g/mol. The second kappa shape index (κ2) is 7.55. The van der Waals surface area contributed by atoms with Gasteiger partial charge in [-0.25, -0.2) is 0 Å². The molecule has 1 aromatic rings. The Morgan fingerprint density at radius 2 is 1.89 bits per heavy atom. The van der Waals surface area contributed by atoms with Crippen LogP contribution in [0.4, 0.5) is 0 Å². The van der Waals surface area contributed by atoms with Crippen LogP contribution in [0, 0.1) is 11.3 Å². The molecule has 0 fully saturated rings. The zero-order valence-corrected chi connectivity index (χ0v) is 11.9. The van der Waals surface area contributed by atoms with E-state index in [4.69, 9.17) is 5.26 Å². The molecule has 0 aliphatic carbocycles. The molecule has 0 radical (unpaired) electrons. The summed E-state index contributed by atoms with van der Waals surface area (Å²) in [4.78, 5) is 15.7. The molecule has 0 aromatic heterocycles. The average molecular weight is 259 g/mol. The van der Waals surface area contributed by atoms with Crippen molar-refractivity contribution in [2.45, 2.75) is 20.4 Å². The second-order valence-electron chi connectivity index (χ2n) is 4.51. The van der Waals surface area contributed by atoms with E-state index in [9.17, 15) is 4.79 Å². The molecule has 1 amide bonds. The maximum absolute atomic E-state index is 12.0. The minimum absolute atomic E-state index is 0.127. The SMILES string of the molecule is CCN(CC)C(=O)CN(C)Cc1ccccc1C#N. The molecule has 0 spiro atoms. The van der Waals surface area contributed by atoms with Crippen LogP contribution >= 0.6 is 0 Å². The molecule has 0 aliphatic rings. The number of nitriles is 1. The van der Waals surface area contributed by atoms with Gasteiger partial charge in [0.05, 0.1) is 18.2 Å². The van der Waals surface area contributed by atoms with Gasteiger partial charge in [0, 0.05) is 19.6 Å². The van der Waals surface area contributed by atoms with Gasteiger partial charge in [0.2, 0.25) is 5.91 Å². The highest BCUT2D eigenvalue weighted by atomic mass is 16.2. The number of hydrogen-bond acceptors (Lipinski definition) is 3. The second-order valence-corrected chi connectivity index (χ2v) is 4.51. The third-order valence-corrected chi connectivity index (χ3v) is 3.10. The normalized spacial score (nSPS) is 10.3.